The molecule has 3 nitrogen and oxygen atoms in total. The number of hydrogen-bond donors (Lipinski definition) is 0. The third-order valence-electron chi connectivity index (χ3n) is 7.58. The third-order valence-corrected chi connectivity index (χ3v) is 7.58. The van der Waals surface area contributed by atoms with Crippen LogP contribution in [0.15, 0.2) is 23.5 Å². The molecule has 24 heavy (non-hydrogen) atoms. The van der Waals surface area contributed by atoms with Crippen LogP contribution in [0.3, 0.4) is 0 Å². The lowest BCUT2D eigenvalue weighted by molar-refractivity contribution is -0.155. The molecule has 0 aromatic carbocycles. The quantitative estimate of drug-likeness (QED) is 0.692. The molecule has 4 unspecified atom stereocenters. The standard InChI is InChI=1S/C21H30O3/c1-13(22)24-20-9-8-19-18-6-4-14-12-15(23-3)5-7-16(14)17(18)10-11-21(19,20)2/h4,12,16-20H,5-11H2,1-3H3/t16-,17?,18?,19?,20?,21-/m0/s1. The van der Waals surface area contributed by atoms with E-state index in [2.05, 4.69) is 19.1 Å². The van der Waals surface area contributed by atoms with Crippen molar-refractivity contribution in [1.82, 2.24) is 0 Å². The summed E-state index contributed by atoms with van der Waals surface area (Å²) in [6.07, 6.45) is 13.2. The summed E-state index contributed by atoms with van der Waals surface area (Å²) in [4.78, 5) is 11.5. The highest BCUT2D eigenvalue weighted by atomic mass is 16.5. The molecular formula is C21H30O3. The van der Waals surface area contributed by atoms with Gasteiger partial charge < -0.3 is 9.47 Å². The zero-order valence-electron chi connectivity index (χ0n) is 15.2. The zero-order valence-corrected chi connectivity index (χ0v) is 15.2. The summed E-state index contributed by atoms with van der Waals surface area (Å²) in [5.41, 5.74) is 1.72. The molecule has 0 radical (unpaired) electrons. The number of fused-ring (bicyclic) bond motifs is 5. The van der Waals surface area contributed by atoms with Gasteiger partial charge in [0.1, 0.15) is 6.10 Å². The smallest absolute Gasteiger partial charge is 0.302 e. The molecular weight excluding hydrogens is 300 g/mol. The molecule has 132 valence electrons. The first-order chi connectivity index (χ1) is 11.5. The van der Waals surface area contributed by atoms with E-state index in [1.807, 2.05) is 0 Å². The van der Waals surface area contributed by atoms with Crippen LogP contribution in [0.4, 0.5) is 0 Å². The minimum Gasteiger partial charge on any atom is -0.501 e. The van der Waals surface area contributed by atoms with Crippen LogP contribution in [-0.4, -0.2) is 19.2 Å². The Morgan fingerprint density at radius 2 is 2.04 bits per heavy atom. The molecule has 0 spiro atoms. The highest BCUT2D eigenvalue weighted by molar-refractivity contribution is 5.66. The molecule has 4 aliphatic rings. The summed E-state index contributed by atoms with van der Waals surface area (Å²) in [5, 5.41) is 0. The van der Waals surface area contributed by atoms with E-state index < -0.39 is 0 Å². The average molecular weight is 330 g/mol. The van der Waals surface area contributed by atoms with E-state index in [-0.39, 0.29) is 17.5 Å². The van der Waals surface area contributed by atoms with Crippen LogP contribution in [-0.2, 0) is 14.3 Å². The van der Waals surface area contributed by atoms with E-state index >= 15 is 0 Å². The monoisotopic (exact) mass is 330 g/mol. The van der Waals surface area contributed by atoms with Gasteiger partial charge in [0, 0.05) is 18.8 Å². The van der Waals surface area contributed by atoms with E-state index in [1.165, 1.54) is 37.7 Å². The lowest BCUT2D eigenvalue weighted by Crippen LogP contribution is -2.47. The fourth-order valence-electron chi connectivity index (χ4n) is 6.44. The molecule has 0 aromatic rings. The summed E-state index contributed by atoms with van der Waals surface area (Å²) in [6, 6.07) is 0. The molecule has 0 saturated heterocycles. The Morgan fingerprint density at radius 1 is 1.21 bits per heavy atom. The molecule has 4 rings (SSSR count). The molecule has 0 N–H and O–H groups in total. The van der Waals surface area contributed by atoms with Crippen LogP contribution in [0.25, 0.3) is 0 Å². The summed E-state index contributed by atoms with van der Waals surface area (Å²) in [6.45, 7) is 3.94. The Morgan fingerprint density at radius 3 is 2.79 bits per heavy atom. The van der Waals surface area contributed by atoms with Gasteiger partial charge in [-0.15, -0.1) is 0 Å². The molecule has 0 amide bonds. The molecule has 3 heteroatoms. The van der Waals surface area contributed by atoms with Gasteiger partial charge >= 0.3 is 5.97 Å². The van der Waals surface area contributed by atoms with Crippen molar-refractivity contribution in [2.45, 2.75) is 64.9 Å². The van der Waals surface area contributed by atoms with Crippen LogP contribution in [0.1, 0.15) is 58.8 Å². The summed E-state index contributed by atoms with van der Waals surface area (Å²) < 4.78 is 11.2. The molecule has 2 fully saturated rings. The third kappa shape index (κ3) is 2.43. The van der Waals surface area contributed by atoms with Crippen molar-refractivity contribution in [2.24, 2.45) is 29.1 Å². The van der Waals surface area contributed by atoms with Gasteiger partial charge in [-0.1, -0.05) is 13.0 Å². The first kappa shape index (κ1) is 16.2. The second-order valence-electron chi connectivity index (χ2n) is 8.55. The van der Waals surface area contributed by atoms with Crippen molar-refractivity contribution >= 4 is 5.97 Å². The van der Waals surface area contributed by atoms with E-state index in [0.717, 1.165) is 36.4 Å². The van der Waals surface area contributed by atoms with Gasteiger partial charge in [-0.3, -0.25) is 4.79 Å². The average Bonchev–Trinajstić information content (AvgIpc) is 2.90. The Labute approximate surface area is 145 Å². The molecule has 0 aliphatic heterocycles. The normalized spacial score (nSPS) is 43.7. The van der Waals surface area contributed by atoms with E-state index in [0.29, 0.717) is 5.92 Å². The molecule has 2 saturated carbocycles. The fraction of sp³-hybridized carbons (Fsp3) is 0.762. The zero-order chi connectivity index (χ0) is 16.9. The number of carbonyl (C=O) groups is 1. The predicted octanol–water partition coefficient (Wildman–Crippen LogP) is 4.63. The summed E-state index contributed by atoms with van der Waals surface area (Å²) in [7, 11) is 1.79. The van der Waals surface area contributed by atoms with Gasteiger partial charge in [0.15, 0.2) is 0 Å². The number of methoxy groups -OCH3 is 1. The molecule has 4 aliphatic carbocycles. The van der Waals surface area contributed by atoms with Crippen LogP contribution in [0.2, 0.25) is 0 Å². The lowest BCUT2D eigenvalue weighted by Gasteiger charge is -2.52. The Bertz CT molecular complexity index is 590. The van der Waals surface area contributed by atoms with Crippen molar-refractivity contribution in [2.75, 3.05) is 7.11 Å². The summed E-state index contributed by atoms with van der Waals surface area (Å²) in [5.74, 6) is 4.06. The van der Waals surface area contributed by atoms with Crippen LogP contribution in [0.5, 0.6) is 0 Å². The van der Waals surface area contributed by atoms with E-state index in [4.69, 9.17) is 9.47 Å². The minimum atomic E-state index is -0.112. The maximum atomic E-state index is 11.5. The number of hydrogen-bond acceptors (Lipinski definition) is 3. The lowest BCUT2D eigenvalue weighted by atomic mass is 9.53. The Hall–Kier alpha value is -1.25. The highest BCUT2D eigenvalue weighted by Crippen LogP contribution is 2.61. The maximum Gasteiger partial charge on any atom is 0.302 e. The summed E-state index contributed by atoms with van der Waals surface area (Å²) >= 11 is 0. The number of carbonyl (C=O) groups excluding carboxylic acids is 1. The SMILES string of the molecule is COC1=CC2=CCC3C(CC[C@]4(C)C(OC(C)=O)CCC34)[C@H]2CC1. The number of esters is 1. The molecule has 6 atom stereocenters. The van der Waals surface area contributed by atoms with Crippen molar-refractivity contribution < 1.29 is 14.3 Å². The van der Waals surface area contributed by atoms with Gasteiger partial charge in [-0.2, -0.15) is 0 Å². The van der Waals surface area contributed by atoms with Gasteiger partial charge in [0.05, 0.1) is 12.9 Å². The number of ether oxygens (including phenoxy) is 2. The van der Waals surface area contributed by atoms with Crippen molar-refractivity contribution in [1.29, 1.82) is 0 Å². The second-order valence-corrected chi connectivity index (χ2v) is 8.55. The molecule has 0 bridgehead atoms. The predicted molar refractivity (Wildman–Crippen MR) is 93.1 cm³/mol. The highest BCUT2D eigenvalue weighted by Gasteiger charge is 2.56. The van der Waals surface area contributed by atoms with Gasteiger partial charge in [0.25, 0.3) is 0 Å². The molecule has 0 heterocycles. The Kier molecular flexibility index (Phi) is 4.01. The number of allylic oxidation sites excluding steroid dienone is 4. The second kappa shape index (κ2) is 5.93. The Balaban J connectivity index is 1.58. The van der Waals surface area contributed by atoms with Gasteiger partial charge in [-0.05, 0) is 73.8 Å². The first-order valence-corrected chi connectivity index (χ1v) is 9.64. The molecule has 0 aromatic heterocycles. The van der Waals surface area contributed by atoms with Crippen molar-refractivity contribution in [3.63, 3.8) is 0 Å². The van der Waals surface area contributed by atoms with Gasteiger partial charge in [0.2, 0.25) is 0 Å². The van der Waals surface area contributed by atoms with Crippen molar-refractivity contribution in [3.05, 3.63) is 23.5 Å². The minimum absolute atomic E-state index is 0.112. The van der Waals surface area contributed by atoms with E-state index in [9.17, 15) is 4.79 Å². The fourth-order valence-corrected chi connectivity index (χ4v) is 6.44. The van der Waals surface area contributed by atoms with Crippen molar-refractivity contribution in [3.8, 4) is 0 Å². The topological polar surface area (TPSA) is 35.5 Å². The largest absolute Gasteiger partial charge is 0.501 e. The van der Waals surface area contributed by atoms with Crippen LogP contribution >= 0.6 is 0 Å². The van der Waals surface area contributed by atoms with Gasteiger partial charge in [-0.25, -0.2) is 0 Å². The van der Waals surface area contributed by atoms with Crippen LogP contribution in [0, 0.1) is 29.1 Å². The first-order valence-electron chi connectivity index (χ1n) is 9.64. The van der Waals surface area contributed by atoms with Crippen LogP contribution < -0.4 is 0 Å². The van der Waals surface area contributed by atoms with E-state index in [1.54, 1.807) is 14.0 Å². The number of rotatable bonds is 2. The maximum absolute atomic E-state index is 11.5.